The van der Waals surface area contributed by atoms with Gasteiger partial charge in [-0.05, 0) is 0 Å². The SMILES string of the molecule is FC(F)(F)S(=NCl)C(F)(F)F. The Morgan fingerprint density at radius 2 is 1.18 bits per heavy atom. The lowest BCUT2D eigenvalue weighted by Gasteiger charge is -2.11. The van der Waals surface area contributed by atoms with E-state index in [-0.39, 0.29) is 0 Å². The molecule has 0 aliphatic heterocycles. The Hall–Kier alpha value is 0.0200. The Morgan fingerprint density at radius 1 is 0.909 bits per heavy atom. The number of halogens is 7. The molecule has 0 atom stereocenters. The van der Waals surface area contributed by atoms with Crippen LogP contribution in [0.25, 0.3) is 0 Å². The molecule has 11 heavy (non-hydrogen) atoms. The van der Waals surface area contributed by atoms with Gasteiger partial charge in [-0.15, -0.1) is 3.88 Å². The van der Waals surface area contributed by atoms with Crippen molar-refractivity contribution in [2.24, 2.45) is 3.88 Å². The fourth-order valence-corrected chi connectivity index (χ4v) is 1.10. The van der Waals surface area contributed by atoms with Crippen LogP contribution in [0, 0.1) is 0 Å². The Labute approximate surface area is 64.5 Å². The van der Waals surface area contributed by atoms with Gasteiger partial charge in [-0.2, -0.15) is 26.3 Å². The molecule has 0 aromatic rings. The Kier molecular flexibility index (Phi) is 3.18. The fraction of sp³-hybridized carbons (Fsp3) is 1.00. The maximum absolute atomic E-state index is 11.3. The summed E-state index contributed by atoms with van der Waals surface area (Å²) in [6, 6.07) is 0. The predicted octanol–water partition coefficient (Wildman–Crippen LogP) is 2.98. The van der Waals surface area contributed by atoms with E-state index >= 15 is 0 Å². The molecular weight excluding hydrogens is 220 g/mol. The molecule has 1 nitrogen and oxygen atoms in total. The first-order chi connectivity index (χ1) is 4.69. The van der Waals surface area contributed by atoms with Gasteiger partial charge < -0.3 is 0 Å². The van der Waals surface area contributed by atoms with E-state index in [1.165, 1.54) is 0 Å². The lowest BCUT2D eigenvalue weighted by atomic mass is 11.5. The monoisotopic (exact) mass is 219 g/mol. The molecule has 0 aliphatic rings. The van der Waals surface area contributed by atoms with Crippen LogP contribution in [0.5, 0.6) is 0 Å². The average molecular weight is 220 g/mol. The van der Waals surface area contributed by atoms with Gasteiger partial charge in [-0.25, -0.2) is 0 Å². The van der Waals surface area contributed by atoms with E-state index in [1.807, 2.05) is 0 Å². The normalized spacial score (nSPS) is 13.8. The molecule has 0 heterocycles. The van der Waals surface area contributed by atoms with Gasteiger partial charge in [0.1, 0.15) is 10.7 Å². The maximum Gasteiger partial charge on any atom is 0.461 e. The minimum absolute atomic E-state index is 1.68. The summed E-state index contributed by atoms with van der Waals surface area (Å²) in [7, 11) is -4.08. The average Bonchev–Trinajstić information content (AvgIpc) is 1.56. The summed E-state index contributed by atoms with van der Waals surface area (Å²) >= 11 is 4.13. The van der Waals surface area contributed by atoms with E-state index < -0.39 is 21.7 Å². The van der Waals surface area contributed by atoms with Crippen molar-refractivity contribution in [1.82, 2.24) is 0 Å². The van der Waals surface area contributed by atoms with Crippen LogP contribution in [0.4, 0.5) is 26.3 Å². The molecular formula is C2ClF6NS. The third-order valence-electron chi connectivity index (χ3n) is 0.507. The third kappa shape index (κ3) is 3.28. The smallest absolute Gasteiger partial charge is 0.159 e. The second kappa shape index (κ2) is 3.18. The van der Waals surface area contributed by atoms with E-state index in [0.717, 1.165) is 0 Å². The molecule has 0 N–H and O–H groups in total. The second-order valence-electron chi connectivity index (χ2n) is 1.25. The first kappa shape index (κ1) is 11.0. The van der Waals surface area contributed by atoms with E-state index in [0.29, 0.717) is 0 Å². The number of nitrogens with zero attached hydrogens (tertiary/aromatic N) is 1. The maximum atomic E-state index is 11.3. The number of rotatable bonds is 0. The van der Waals surface area contributed by atoms with Crippen LogP contribution in [-0.4, -0.2) is 11.0 Å². The molecule has 0 aromatic carbocycles. The van der Waals surface area contributed by atoms with Gasteiger partial charge in [-0.1, -0.05) is 0 Å². The summed E-state index contributed by atoms with van der Waals surface area (Å²) < 4.78 is 69.7. The van der Waals surface area contributed by atoms with Gasteiger partial charge in [-0.3, -0.25) is 0 Å². The van der Waals surface area contributed by atoms with Crippen LogP contribution >= 0.6 is 11.8 Å². The van der Waals surface area contributed by atoms with E-state index in [4.69, 9.17) is 0 Å². The zero-order valence-electron chi connectivity index (χ0n) is 4.50. The van der Waals surface area contributed by atoms with Crippen molar-refractivity contribution < 1.29 is 26.3 Å². The summed E-state index contributed by atoms with van der Waals surface area (Å²) in [6.07, 6.45) is 0. The molecule has 0 aliphatic carbocycles. The molecule has 0 saturated heterocycles. The first-order valence-electron chi connectivity index (χ1n) is 1.89. The predicted molar refractivity (Wildman–Crippen MR) is 27.8 cm³/mol. The van der Waals surface area contributed by atoms with Crippen LogP contribution in [0.3, 0.4) is 0 Å². The van der Waals surface area contributed by atoms with E-state index in [2.05, 4.69) is 11.8 Å². The van der Waals surface area contributed by atoms with Crippen LogP contribution in [0.1, 0.15) is 0 Å². The van der Waals surface area contributed by atoms with Crippen molar-refractivity contribution in [3.05, 3.63) is 0 Å². The summed E-state index contributed by atoms with van der Waals surface area (Å²) in [5, 5.41) is 0. The van der Waals surface area contributed by atoms with Crippen LogP contribution < -0.4 is 0 Å². The fourth-order valence-electron chi connectivity index (χ4n) is 0.209. The van der Waals surface area contributed by atoms with Crippen LogP contribution in [0.15, 0.2) is 3.88 Å². The van der Waals surface area contributed by atoms with E-state index in [1.54, 1.807) is 3.88 Å². The summed E-state index contributed by atoms with van der Waals surface area (Å²) in [5.74, 6) is 0. The topological polar surface area (TPSA) is 12.4 Å². The minimum Gasteiger partial charge on any atom is -0.159 e. The lowest BCUT2D eigenvalue weighted by molar-refractivity contribution is -0.0747. The summed E-state index contributed by atoms with van der Waals surface area (Å²) in [4.78, 5) is 0. The van der Waals surface area contributed by atoms with Gasteiger partial charge in [0.2, 0.25) is 0 Å². The first-order valence-corrected chi connectivity index (χ1v) is 3.41. The van der Waals surface area contributed by atoms with Gasteiger partial charge in [0, 0.05) is 11.8 Å². The van der Waals surface area contributed by atoms with Crippen molar-refractivity contribution in [3.8, 4) is 0 Å². The molecule has 0 bridgehead atoms. The highest BCUT2D eigenvalue weighted by atomic mass is 35.5. The highest BCUT2D eigenvalue weighted by Gasteiger charge is 2.52. The Morgan fingerprint density at radius 3 is 1.18 bits per heavy atom. The van der Waals surface area contributed by atoms with Gasteiger partial charge in [0.25, 0.3) is 0 Å². The highest BCUT2D eigenvalue weighted by Crippen LogP contribution is 2.35. The van der Waals surface area contributed by atoms with Crippen LogP contribution in [-0.2, 0) is 10.7 Å². The van der Waals surface area contributed by atoms with Crippen molar-refractivity contribution in [1.29, 1.82) is 0 Å². The third-order valence-corrected chi connectivity index (χ3v) is 1.94. The zero-order valence-corrected chi connectivity index (χ0v) is 6.07. The molecule has 0 unspecified atom stereocenters. The molecule has 68 valence electrons. The largest absolute Gasteiger partial charge is 0.461 e. The molecule has 0 aromatic heterocycles. The minimum atomic E-state index is -5.44. The molecule has 0 amide bonds. The number of hydrogen-bond acceptors (Lipinski definition) is 1. The summed E-state index contributed by atoms with van der Waals surface area (Å²) in [6.45, 7) is 0. The number of hydrogen-bond donors (Lipinski definition) is 0. The molecule has 0 rings (SSSR count). The molecule has 9 heteroatoms. The highest BCUT2D eigenvalue weighted by molar-refractivity contribution is 7.89. The second-order valence-corrected chi connectivity index (χ2v) is 3.29. The lowest BCUT2D eigenvalue weighted by Crippen LogP contribution is -2.29. The van der Waals surface area contributed by atoms with Gasteiger partial charge in [0.05, 0.1) is 0 Å². The summed E-state index contributed by atoms with van der Waals surface area (Å²) in [5.41, 5.74) is -10.9. The zero-order chi connectivity index (χ0) is 9.28. The van der Waals surface area contributed by atoms with Gasteiger partial charge in [0.15, 0.2) is 0 Å². The molecule has 0 spiro atoms. The van der Waals surface area contributed by atoms with E-state index in [9.17, 15) is 26.3 Å². The van der Waals surface area contributed by atoms with Gasteiger partial charge >= 0.3 is 11.0 Å². The van der Waals surface area contributed by atoms with Crippen molar-refractivity contribution >= 4 is 22.5 Å². The van der Waals surface area contributed by atoms with Crippen molar-refractivity contribution in [2.45, 2.75) is 11.0 Å². The molecule has 0 radical (unpaired) electrons. The van der Waals surface area contributed by atoms with Crippen molar-refractivity contribution in [3.63, 3.8) is 0 Å². The Bertz CT molecular complexity index is 152. The molecule has 0 saturated carbocycles. The Balaban J connectivity index is 4.74. The standard InChI is InChI=1S/C2ClF6NS/c3-10-11(1(4,5)6)2(7,8)9. The quantitative estimate of drug-likeness (QED) is 0.556. The van der Waals surface area contributed by atoms with Crippen LogP contribution in [0.2, 0.25) is 0 Å². The van der Waals surface area contributed by atoms with Crippen molar-refractivity contribution in [2.75, 3.05) is 0 Å². The number of alkyl halides is 6. The molecule has 0 fully saturated rings.